The molecule has 4 rings (SSSR count). The van der Waals surface area contributed by atoms with Crippen LogP contribution >= 0.6 is 0 Å². The molecule has 1 aliphatic rings. The van der Waals surface area contributed by atoms with Crippen LogP contribution in [0.2, 0.25) is 0 Å². The normalized spacial score (nSPS) is 14.6. The fourth-order valence-electron chi connectivity index (χ4n) is 3.91. The van der Waals surface area contributed by atoms with Gasteiger partial charge in [0.15, 0.2) is 0 Å². The van der Waals surface area contributed by atoms with E-state index in [4.69, 9.17) is 0 Å². The van der Waals surface area contributed by atoms with Crippen molar-refractivity contribution in [3.8, 4) is 11.1 Å². The summed E-state index contributed by atoms with van der Waals surface area (Å²) in [6.07, 6.45) is 5.04. The molecule has 2 aromatic carbocycles. The third-order valence-corrected chi connectivity index (χ3v) is 5.45. The number of rotatable bonds is 4. The van der Waals surface area contributed by atoms with Gasteiger partial charge in [0.1, 0.15) is 5.82 Å². The molecule has 0 atom stereocenters. The maximum absolute atomic E-state index is 13.1. The second-order valence-electron chi connectivity index (χ2n) is 7.91. The molecule has 0 bridgehead atoms. The second-order valence-corrected chi connectivity index (χ2v) is 7.91. The van der Waals surface area contributed by atoms with Crippen molar-refractivity contribution in [3.63, 3.8) is 0 Å². The van der Waals surface area contributed by atoms with Gasteiger partial charge >= 0.3 is 0 Å². The molecule has 3 aromatic rings. The van der Waals surface area contributed by atoms with Crippen molar-refractivity contribution in [2.45, 2.75) is 26.7 Å². The second kappa shape index (κ2) is 8.61. The number of carbonyl (C=O) groups is 1. The maximum atomic E-state index is 13.1. The summed E-state index contributed by atoms with van der Waals surface area (Å²) in [6.45, 7) is 5.53. The fraction of sp³-hybridized carbons (Fsp3) is 0.292. The van der Waals surface area contributed by atoms with E-state index >= 15 is 0 Å². The number of hydrogen-bond acceptors (Lipinski definition) is 4. The Bertz CT molecular complexity index is 1010. The van der Waals surface area contributed by atoms with E-state index < -0.39 is 0 Å². The highest BCUT2D eigenvalue weighted by molar-refractivity contribution is 5.92. The Morgan fingerprint density at radius 2 is 1.57 bits per heavy atom. The Morgan fingerprint density at radius 3 is 2.17 bits per heavy atom. The molecular formula is C24H25FN4O. The Balaban J connectivity index is 1.34. The molecule has 0 spiro atoms. The van der Waals surface area contributed by atoms with E-state index in [0.717, 1.165) is 53.9 Å². The monoisotopic (exact) mass is 404 g/mol. The third-order valence-electron chi connectivity index (χ3n) is 5.45. The molecule has 2 heterocycles. The number of nitrogens with zero attached hydrogens (tertiary/aromatic N) is 3. The molecule has 1 aliphatic heterocycles. The van der Waals surface area contributed by atoms with Gasteiger partial charge in [-0.3, -0.25) is 4.79 Å². The Hall–Kier alpha value is -3.28. The van der Waals surface area contributed by atoms with Gasteiger partial charge in [0.05, 0.1) is 0 Å². The Morgan fingerprint density at radius 1 is 0.967 bits per heavy atom. The predicted octanol–water partition coefficient (Wildman–Crippen LogP) is 4.75. The minimum Gasteiger partial charge on any atom is -0.341 e. The zero-order valence-corrected chi connectivity index (χ0v) is 17.2. The van der Waals surface area contributed by atoms with Crippen molar-refractivity contribution in [2.75, 3.05) is 23.3 Å². The van der Waals surface area contributed by atoms with E-state index in [1.165, 1.54) is 12.1 Å². The average molecular weight is 404 g/mol. The van der Waals surface area contributed by atoms with Gasteiger partial charge in [0.25, 0.3) is 0 Å². The summed E-state index contributed by atoms with van der Waals surface area (Å²) in [7, 11) is 0. The first-order valence-electron chi connectivity index (χ1n) is 10.2. The van der Waals surface area contributed by atoms with E-state index in [9.17, 15) is 9.18 Å². The van der Waals surface area contributed by atoms with Crippen LogP contribution in [0.25, 0.3) is 11.1 Å². The van der Waals surface area contributed by atoms with Crippen molar-refractivity contribution in [1.82, 2.24) is 9.97 Å². The van der Waals surface area contributed by atoms with E-state index in [1.807, 2.05) is 26.0 Å². The van der Waals surface area contributed by atoms with Gasteiger partial charge in [0.2, 0.25) is 11.9 Å². The van der Waals surface area contributed by atoms with Crippen LogP contribution in [0.15, 0.2) is 54.9 Å². The van der Waals surface area contributed by atoms with Crippen molar-refractivity contribution in [2.24, 2.45) is 5.92 Å². The maximum Gasteiger partial charge on any atom is 0.227 e. The number of halogens is 1. The van der Waals surface area contributed by atoms with Crippen molar-refractivity contribution in [1.29, 1.82) is 0 Å². The molecule has 0 radical (unpaired) electrons. The molecular weight excluding hydrogens is 379 g/mol. The molecule has 6 heteroatoms. The summed E-state index contributed by atoms with van der Waals surface area (Å²) in [5.41, 5.74) is 4.87. The number of benzene rings is 2. The van der Waals surface area contributed by atoms with Crippen molar-refractivity contribution in [3.05, 3.63) is 71.8 Å². The standard InChI is InChI=1S/C24H25FN4O/c1-16-11-17(2)13-22(12-16)28-23(30)19-7-9-29(10-8-19)24-26-14-20(15-27-24)18-3-5-21(25)6-4-18/h3-6,11-15,19H,7-10H2,1-2H3,(H,28,30). The molecule has 1 aromatic heterocycles. The minimum atomic E-state index is -0.263. The van der Waals surface area contributed by atoms with Crippen molar-refractivity contribution < 1.29 is 9.18 Å². The number of piperidine rings is 1. The molecule has 154 valence electrons. The SMILES string of the molecule is Cc1cc(C)cc(NC(=O)C2CCN(c3ncc(-c4ccc(F)cc4)cn3)CC2)c1. The van der Waals surface area contributed by atoms with E-state index in [-0.39, 0.29) is 17.6 Å². The third kappa shape index (κ3) is 4.64. The van der Waals surface area contributed by atoms with Crippen LogP contribution < -0.4 is 10.2 Å². The number of amides is 1. The number of anilines is 2. The highest BCUT2D eigenvalue weighted by atomic mass is 19.1. The number of aryl methyl sites for hydroxylation is 2. The zero-order valence-electron chi connectivity index (χ0n) is 17.2. The topological polar surface area (TPSA) is 58.1 Å². The number of carbonyl (C=O) groups excluding carboxylic acids is 1. The lowest BCUT2D eigenvalue weighted by Crippen LogP contribution is -2.39. The summed E-state index contributed by atoms with van der Waals surface area (Å²) in [5, 5.41) is 3.06. The Kier molecular flexibility index (Phi) is 5.74. The predicted molar refractivity (Wildman–Crippen MR) is 117 cm³/mol. The molecule has 1 amide bonds. The number of aromatic nitrogens is 2. The molecule has 0 saturated carbocycles. The van der Waals surface area contributed by atoms with Crippen LogP contribution in [0.5, 0.6) is 0 Å². The first kappa shape index (κ1) is 20.0. The molecule has 30 heavy (non-hydrogen) atoms. The highest BCUT2D eigenvalue weighted by Crippen LogP contribution is 2.24. The van der Waals surface area contributed by atoms with Gasteiger partial charge in [-0.1, -0.05) is 18.2 Å². The lowest BCUT2D eigenvalue weighted by atomic mass is 9.96. The lowest BCUT2D eigenvalue weighted by molar-refractivity contribution is -0.120. The van der Waals surface area contributed by atoms with Gasteiger partial charge in [-0.15, -0.1) is 0 Å². The Labute approximate surface area is 176 Å². The summed E-state index contributed by atoms with van der Waals surface area (Å²) in [6, 6.07) is 12.4. The summed E-state index contributed by atoms with van der Waals surface area (Å²) >= 11 is 0. The molecule has 1 N–H and O–H groups in total. The van der Waals surface area contributed by atoms with Gasteiger partial charge in [-0.2, -0.15) is 0 Å². The van der Waals surface area contributed by atoms with Crippen molar-refractivity contribution >= 4 is 17.5 Å². The quantitative estimate of drug-likeness (QED) is 0.681. The molecule has 1 saturated heterocycles. The van der Waals surface area contributed by atoms with Gasteiger partial charge in [0, 0.05) is 42.7 Å². The van der Waals surface area contributed by atoms with Crippen LogP contribution in [-0.4, -0.2) is 29.0 Å². The van der Waals surface area contributed by atoms with Gasteiger partial charge in [-0.05, 0) is 67.6 Å². The molecule has 1 fully saturated rings. The first-order chi connectivity index (χ1) is 14.5. The molecule has 5 nitrogen and oxygen atoms in total. The minimum absolute atomic E-state index is 0.0134. The summed E-state index contributed by atoms with van der Waals surface area (Å²) < 4.78 is 13.1. The number of hydrogen-bond donors (Lipinski definition) is 1. The molecule has 0 unspecified atom stereocenters. The first-order valence-corrected chi connectivity index (χ1v) is 10.2. The van der Waals surface area contributed by atoms with Gasteiger partial charge < -0.3 is 10.2 Å². The van der Waals surface area contributed by atoms with Crippen LogP contribution in [0.4, 0.5) is 16.0 Å². The largest absolute Gasteiger partial charge is 0.341 e. The fourth-order valence-corrected chi connectivity index (χ4v) is 3.91. The van der Waals surface area contributed by atoms with Crippen LogP contribution in [0, 0.1) is 25.6 Å². The van der Waals surface area contributed by atoms with E-state index in [0.29, 0.717) is 5.95 Å². The average Bonchev–Trinajstić information content (AvgIpc) is 2.74. The summed E-state index contributed by atoms with van der Waals surface area (Å²) in [4.78, 5) is 23.7. The lowest BCUT2D eigenvalue weighted by Gasteiger charge is -2.31. The highest BCUT2D eigenvalue weighted by Gasteiger charge is 2.26. The smallest absolute Gasteiger partial charge is 0.227 e. The zero-order chi connectivity index (χ0) is 21.1. The van der Waals surface area contributed by atoms with Gasteiger partial charge in [-0.25, -0.2) is 14.4 Å². The van der Waals surface area contributed by atoms with Crippen LogP contribution in [-0.2, 0) is 4.79 Å². The van der Waals surface area contributed by atoms with E-state index in [2.05, 4.69) is 26.3 Å². The van der Waals surface area contributed by atoms with Crippen LogP contribution in [0.1, 0.15) is 24.0 Å². The summed E-state index contributed by atoms with van der Waals surface area (Å²) in [5.74, 6) is 0.461. The van der Waals surface area contributed by atoms with E-state index in [1.54, 1.807) is 24.5 Å². The number of nitrogens with one attached hydrogen (secondary N) is 1. The van der Waals surface area contributed by atoms with Crippen LogP contribution in [0.3, 0.4) is 0 Å². The molecule has 0 aliphatic carbocycles.